The highest BCUT2D eigenvalue weighted by atomic mass is 16.2. The Morgan fingerprint density at radius 3 is 2.94 bits per heavy atom. The number of rotatable bonds is 6. The number of carbonyl (C=O) groups excluding carboxylic acids is 1. The molecule has 94 valence electrons. The largest absolute Gasteiger partial charge is 0.396 e. The van der Waals surface area contributed by atoms with Crippen LogP contribution in [0.2, 0.25) is 0 Å². The number of hydrogen-bond acceptors (Lipinski definition) is 3. The van der Waals surface area contributed by atoms with E-state index in [0.29, 0.717) is 12.5 Å². The van der Waals surface area contributed by atoms with Crippen molar-refractivity contribution in [3.63, 3.8) is 0 Å². The summed E-state index contributed by atoms with van der Waals surface area (Å²) in [6, 6.07) is 0.510. The van der Waals surface area contributed by atoms with Crippen LogP contribution in [0.15, 0.2) is 0 Å². The monoisotopic (exact) mass is 228 g/mol. The summed E-state index contributed by atoms with van der Waals surface area (Å²) in [6.07, 6.45) is 5.77. The minimum atomic E-state index is 0.118. The second-order valence-corrected chi connectivity index (χ2v) is 4.62. The maximum absolute atomic E-state index is 11.5. The van der Waals surface area contributed by atoms with Gasteiger partial charge in [0.15, 0.2) is 0 Å². The normalized spacial score (nSPS) is 22.0. The van der Waals surface area contributed by atoms with Crippen LogP contribution in [0.25, 0.3) is 0 Å². The minimum absolute atomic E-state index is 0.118. The lowest BCUT2D eigenvalue weighted by Gasteiger charge is -2.32. The van der Waals surface area contributed by atoms with E-state index in [4.69, 9.17) is 5.11 Å². The molecule has 4 heteroatoms. The first-order valence-electron chi connectivity index (χ1n) is 6.32. The third-order valence-electron chi connectivity index (χ3n) is 3.27. The Hall–Kier alpha value is -0.610. The van der Waals surface area contributed by atoms with E-state index in [9.17, 15) is 4.79 Å². The van der Waals surface area contributed by atoms with Crippen LogP contribution in [0.3, 0.4) is 0 Å². The summed E-state index contributed by atoms with van der Waals surface area (Å²) in [4.78, 5) is 13.8. The first-order valence-corrected chi connectivity index (χ1v) is 6.32. The number of nitrogens with zero attached hydrogens (tertiary/aromatic N) is 1. The third-order valence-corrected chi connectivity index (χ3v) is 3.27. The summed E-state index contributed by atoms with van der Waals surface area (Å²) in [5.74, 6) is 0.118. The molecular formula is C12H24N2O2. The van der Waals surface area contributed by atoms with Gasteiger partial charge in [-0.2, -0.15) is 0 Å². The molecule has 1 aliphatic heterocycles. The molecule has 0 aromatic carbocycles. The lowest BCUT2D eigenvalue weighted by molar-refractivity contribution is -0.121. The molecule has 1 amide bonds. The Kier molecular flexibility index (Phi) is 6.42. The number of hydrogen-bond donors (Lipinski definition) is 2. The number of carbonyl (C=O) groups is 1. The molecule has 0 bridgehead atoms. The smallest absolute Gasteiger partial charge is 0.220 e. The molecule has 1 aliphatic rings. The molecule has 4 nitrogen and oxygen atoms in total. The number of aliphatic hydroxyl groups is 1. The maximum atomic E-state index is 11.5. The van der Waals surface area contributed by atoms with Gasteiger partial charge in [0.2, 0.25) is 5.91 Å². The van der Waals surface area contributed by atoms with Gasteiger partial charge in [-0.25, -0.2) is 0 Å². The number of piperidine rings is 1. The highest BCUT2D eigenvalue weighted by molar-refractivity contribution is 5.75. The van der Waals surface area contributed by atoms with E-state index in [1.165, 1.54) is 19.3 Å². The summed E-state index contributed by atoms with van der Waals surface area (Å²) >= 11 is 0. The average molecular weight is 228 g/mol. The van der Waals surface area contributed by atoms with Crippen LogP contribution < -0.4 is 5.32 Å². The zero-order valence-corrected chi connectivity index (χ0v) is 10.2. The number of likely N-dealkylation sites (N-methyl/N-ethyl adjacent to an activating group) is 1. The zero-order chi connectivity index (χ0) is 11.8. The van der Waals surface area contributed by atoms with Gasteiger partial charge in [-0.15, -0.1) is 0 Å². The Morgan fingerprint density at radius 2 is 2.25 bits per heavy atom. The maximum Gasteiger partial charge on any atom is 0.220 e. The standard InChI is InChI=1S/C12H24N2O2/c1-14-8-4-2-6-11(14)10-13-12(16)7-3-5-9-15/h11,15H,2-10H2,1H3,(H,13,16). The second kappa shape index (κ2) is 7.63. The Bertz CT molecular complexity index is 209. The van der Waals surface area contributed by atoms with Crippen molar-refractivity contribution in [2.75, 3.05) is 26.7 Å². The second-order valence-electron chi connectivity index (χ2n) is 4.62. The van der Waals surface area contributed by atoms with E-state index in [2.05, 4.69) is 17.3 Å². The molecule has 1 rings (SSSR count). The SMILES string of the molecule is CN1CCCCC1CNC(=O)CCCCO. The van der Waals surface area contributed by atoms with Gasteiger partial charge in [-0.3, -0.25) is 4.79 Å². The van der Waals surface area contributed by atoms with Gasteiger partial charge >= 0.3 is 0 Å². The molecular weight excluding hydrogens is 204 g/mol. The number of unbranched alkanes of at least 4 members (excludes halogenated alkanes) is 1. The number of aliphatic hydroxyl groups excluding tert-OH is 1. The lowest BCUT2D eigenvalue weighted by Crippen LogP contribution is -2.44. The van der Waals surface area contributed by atoms with E-state index >= 15 is 0 Å². The van der Waals surface area contributed by atoms with Crippen molar-refractivity contribution in [1.82, 2.24) is 10.2 Å². The van der Waals surface area contributed by atoms with Crippen molar-refractivity contribution >= 4 is 5.91 Å². The third kappa shape index (κ3) is 4.94. The van der Waals surface area contributed by atoms with Crippen LogP contribution in [-0.2, 0) is 4.79 Å². The predicted molar refractivity (Wildman–Crippen MR) is 64.2 cm³/mol. The summed E-state index contributed by atoms with van der Waals surface area (Å²) in [5, 5.41) is 11.6. The minimum Gasteiger partial charge on any atom is -0.396 e. The zero-order valence-electron chi connectivity index (χ0n) is 10.2. The fourth-order valence-electron chi connectivity index (χ4n) is 2.12. The molecule has 0 radical (unpaired) electrons. The molecule has 1 atom stereocenters. The molecule has 0 spiro atoms. The van der Waals surface area contributed by atoms with Crippen LogP contribution >= 0.6 is 0 Å². The van der Waals surface area contributed by atoms with Crippen molar-refractivity contribution in [3.05, 3.63) is 0 Å². The van der Waals surface area contributed by atoms with E-state index in [0.717, 1.165) is 25.9 Å². The Labute approximate surface area is 98.0 Å². The van der Waals surface area contributed by atoms with Gasteiger partial charge in [0.1, 0.15) is 0 Å². The van der Waals surface area contributed by atoms with Crippen molar-refractivity contribution in [2.24, 2.45) is 0 Å². The van der Waals surface area contributed by atoms with E-state index in [1.54, 1.807) is 0 Å². The summed E-state index contributed by atoms with van der Waals surface area (Å²) in [5.41, 5.74) is 0. The van der Waals surface area contributed by atoms with Crippen molar-refractivity contribution in [1.29, 1.82) is 0 Å². The molecule has 0 aliphatic carbocycles. The summed E-state index contributed by atoms with van der Waals surface area (Å²) in [6.45, 7) is 2.10. The first-order chi connectivity index (χ1) is 7.74. The highest BCUT2D eigenvalue weighted by Crippen LogP contribution is 2.13. The Balaban J connectivity index is 2.10. The quantitative estimate of drug-likeness (QED) is 0.660. The van der Waals surface area contributed by atoms with Gasteiger partial charge < -0.3 is 15.3 Å². The van der Waals surface area contributed by atoms with Crippen LogP contribution in [-0.4, -0.2) is 48.7 Å². The molecule has 1 unspecified atom stereocenters. The molecule has 2 N–H and O–H groups in total. The number of amides is 1. The molecule has 1 heterocycles. The molecule has 0 aromatic heterocycles. The van der Waals surface area contributed by atoms with Gasteiger partial charge in [-0.05, 0) is 39.3 Å². The van der Waals surface area contributed by atoms with E-state index < -0.39 is 0 Å². The molecule has 0 saturated carbocycles. The molecule has 0 aromatic rings. The molecule has 1 saturated heterocycles. The fraction of sp³-hybridized carbons (Fsp3) is 0.917. The van der Waals surface area contributed by atoms with Crippen molar-refractivity contribution in [3.8, 4) is 0 Å². The van der Waals surface area contributed by atoms with Gasteiger partial charge in [-0.1, -0.05) is 6.42 Å². The van der Waals surface area contributed by atoms with Crippen LogP contribution in [0, 0.1) is 0 Å². The predicted octanol–water partition coefficient (Wildman–Crippen LogP) is 0.749. The van der Waals surface area contributed by atoms with Gasteiger partial charge in [0.05, 0.1) is 0 Å². The highest BCUT2D eigenvalue weighted by Gasteiger charge is 2.18. The fourth-order valence-corrected chi connectivity index (χ4v) is 2.12. The topological polar surface area (TPSA) is 52.6 Å². The molecule has 1 fully saturated rings. The van der Waals surface area contributed by atoms with Crippen LogP contribution in [0.5, 0.6) is 0 Å². The van der Waals surface area contributed by atoms with Crippen molar-refractivity contribution < 1.29 is 9.90 Å². The summed E-state index contributed by atoms with van der Waals surface area (Å²) in [7, 11) is 2.13. The van der Waals surface area contributed by atoms with Crippen molar-refractivity contribution in [2.45, 2.75) is 44.6 Å². The summed E-state index contributed by atoms with van der Waals surface area (Å²) < 4.78 is 0. The molecule has 16 heavy (non-hydrogen) atoms. The first kappa shape index (κ1) is 13.5. The van der Waals surface area contributed by atoms with Crippen LogP contribution in [0.1, 0.15) is 38.5 Å². The number of nitrogens with one attached hydrogen (secondary N) is 1. The Morgan fingerprint density at radius 1 is 1.44 bits per heavy atom. The van der Waals surface area contributed by atoms with Gasteiger partial charge in [0, 0.05) is 25.6 Å². The van der Waals surface area contributed by atoms with Gasteiger partial charge in [0.25, 0.3) is 0 Å². The van der Waals surface area contributed by atoms with E-state index in [-0.39, 0.29) is 12.5 Å². The average Bonchev–Trinajstić information content (AvgIpc) is 2.28. The van der Waals surface area contributed by atoms with Crippen LogP contribution in [0.4, 0.5) is 0 Å². The number of likely N-dealkylation sites (tertiary alicyclic amines) is 1. The lowest BCUT2D eigenvalue weighted by atomic mass is 10.0. The van der Waals surface area contributed by atoms with E-state index in [1.807, 2.05) is 0 Å².